The average molecular weight is 501 g/mol. The highest BCUT2D eigenvalue weighted by molar-refractivity contribution is 6.03. The Kier molecular flexibility index (Phi) is 6.57. The number of rotatable bonds is 9. The molecule has 1 nitrogen and oxygen atoms in total. The Morgan fingerprint density at radius 1 is 0.811 bits per heavy atom. The Hall–Kier alpha value is -2.22. The van der Waals surface area contributed by atoms with Crippen LogP contribution in [0.2, 0.25) is 0 Å². The van der Waals surface area contributed by atoms with Gasteiger partial charge < -0.3 is 0 Å². The second kappa shape index (κ2) is 9.21. The van der Waals surface area contributed by atoms with E-state index in [2.05, 4.69) is 84.4 Å². The molecule has 0 spiro atoms. The highest BCUT2D eigenvalue weighted by Crippen LogP contribution is 2.58. The van der Waals surface area contributed by atoms with Crippen molar-refractivity contribution in [3.63, 3.8) is 0 Å². The van der Waals surface area contributed by atoms with Crippen molar-refractivity contribution in [1.82, 2.24) is 0 Å². The van der Waals surface area contributed by atoms with Crippen molar-refractivity contribution in [3.8, 4) is 11.3 Å². The van der Waals surface area contributed by atoms with Gasteiger partial charge in [0.05, 0.1) is 16.4 Å². The largest absolute Gasteiger partial charge is 0.221 e. The minimum absolute atomic E-state index is 0.0568. The molecule has 0 N–H and O–H groups in total. The van der Waals surface area contributed by atoms with Gasteiger partial charge >= 0.3 is 0 Å². The second-order valence-corrected chi connectivity index (χ2v) is 12.7. The molecule has 5 rings (SSSR count). The summed E-state index contributed by atoms with van der Waals surface area (Å²) in [7, 11) is 0. The molecule has 1 aliphatic heterocycles. The van der Waals surface area contributed by atoms with Crippen molar-refractivity contribution < 1.29 is 8.96 Å². The SMILES string of the molecule is CCCCCc1c(CCCC)cc2c3c4[n+](ccc13)C(C)(CC)C(C)(CC)c1ccc(F)c(c1-4)C2(C)C. The molecule has 2 heterocycles. The molecule has 0 bridgehead atoms. The van der Waals surface area contributed by atoms with Crippen molar-refractivity contribution in [3.05, 3.63) is 64.1 Å². The van der Waals surface area contributed by atoms with Crippen molar-refractivity contribution in [2.24, 2.45) is 0 Å². The maximum absolute atomic E-state index is 16.0. The Balaban J connectivity index is 1.97. The number of hydrogen-bond acceptors (Lipinski definition) is 0. The number of benzene rings is 2. The second-order valence-electron chi connectivity index (χ2n) is 12.7. The van der Waals surface area contributed by atoms with Crippen LogP contribution in [0, 0.1) is 5.82 Å². The molecule has 0 radical (unpaired) electrons. The van der Waals surface area contributed by atoms with Gasteiger partial charge in [-0.1, -0.05) is 72.9 Å². The summed E-state index contributed by atoms with van der Waals surface area (Å²) in [6, 6.07) is 8.80. The lowest BCUT2D eigenvalue weighted by molar-refractivity contribution is -0.764. The van der Waals surface area contributed by atoms with Gasteiger partial charge in [0.2, 0.25) is 5.69 Å². The quantitative estimate of drug-likeness (QED) is 0.203. The third-order valence-corrected chi connectivity index (χ3v) is 10.7. The molecular weight excluding hydrogens is 453 g/mol. The Morgan fingerprint density at radius 3 is 2.19 bits per heavy atom. The van der Waals surface area contributed by atoms with E-state index in [-0.39, 0.29) is 16.8 Å². The molecule has 0 fully saturated rings. The molecule has 0 saturated carbocycles. The van der Waals surface area contributed by atoms with Crippen LogP contribution in [0.4, 0.5) is 4.39 Å². The topological polar surface area (TPSA) is 3.88 Å². The normalized spacial score (nSPS) is 23.1. The lowest BCUT2D eigenvalue weighted by atomic mass is 9.57. The number of halogens is 1. The summed E-state index contributed by atoms with van der Waals surface area (Å²) in [5.74, 6) is -0.0568. The van der Waals surface area contributed by atoms with Gasteiger partial charge in [-0.25, -0.2) is 4.39 Å². The highest BCUT2D eigenvalue weighted by atomic mass is 19.1. The van der Waals surface area contributed by atoms with Gasteiger partial charge in [0.15, 0.2) is 11.7 Å². The summed E-state index contributed by atoms with van der Waals surface area (Å²) in [5.41, 5.74) is 8.48. The summed E-state index contributed by atoms with van der Waals surface area (Å²) in [5, 5.41) is 2.80. The van der Waals surface area contributed by atoms with Gasteiger partial charge in [0.25, 0.3) is 0 Å². The van der Waals surface area contributed by atoms with Crippen LogP contribution in [0.25, 0.3) is 22.0 Å². The third-order valence-electron chi connectivity index (χ3n) is 10.7. The van der Waals surface area contributed by atoms with E-state index in [0.717, 1.165) is 31.2 Å². The monoisotopic (exact) mass is 500 g/mol. The third kappa shape index (κ3) is 3.43. The minimum atomic E-state index is -0.391. The maximum Gasteiger partial charge on any atom is 0.221 e. The predicted octanol–water partition coefficient (Wildman–Crippen LogP) is 9.45. The zero-order valence-corrected chi connectivity index (χ0v) is 24.6. The lowest BCUT2D eigenvalue weighted by Crippen LogP contribution is -2.68. The van der Waals surface area contributed by atoms with E-state index in [4.69, 9.17) is 0 Å². The molecule has 1 aliphatic carbocycles. The fraction of sp³-hybridized carbons (Fsp3) is 0.571. The van der Waals surface area contributed by atoms with Gasteiger partial charge in [-0.3, -0.25) is 0 Å². The van der Waals surface area contributed by atoms with E-state index < -0.39 is 5.41 Å². The fourth-order valence-corrected chi connectivity index (χ4v) is 7.89. The molecule has 0 amide bonds. The van der Waals surface area contributed by atoms with Gasteiger partial charge in [0.1, 0.15) is 5.82 Å². The van der Waals surface area contributed by atoms with Crippen LogP contribution in [0.15, 0.2) is 30.5 Å². The maximum atomic E-state index is 16.0. The predicted molar refractivity (Wildman–Crippen MR) is 155 cm³/mol. The smallest absolute Gasteiger partial charge is 0.207 e. The van der Waals surface area contributed by atoms with Gasteiger partial charge in [-0.2, -0.15) is 4.57 Å². The van der Waals surface area contributed by atoms with Gasteiger partial charge in [-0.15, -0.1) is 0 Å². The fourth-order valence-electron chi connectivity index (χ4n) is 7.89. The van der Waals surface area contributed by atoms with Crippen molar-refractivity contribution in [2.45, 2.75) is 130 Å². The number of pyridine rings is 1. The first-order chi connectivity index (χ1) is 17.6. The number of aryl methyl sites for hydroxylation is 2. The first kappa shape index (κ1) is 26.4. The summed E-state index contributed by atoms with van der Waals surface area (Å²) < 4.78 is 18.5. The first-order valence-electron chi connectivity index (χ1n) is 15.0. The zero-order valence-electron chi connectivity index (χ0n) is 24.6. The average Bonchev–Trinajstić information content (AvgIpc) is 2.89. The van der Waals surface area contributed by atoms with Gasteiger partial charge in [-0.05, 0) is 72.7 Å². The molecule has 0 saturated heterocycles. The first-order valence-corrected chi connectivity index (χ1v) is 15.0. The molecule has 198 valence electrons. The summed E-state index contributed by atoms with van der Waals surface area (Å²) in [4.78, 5) is 0. The summed E-state index contributed by atoms with van der Waals surface area (Å²) in [6.07, 6.45) is 12.8. The Labute approximate surface area is 224 Å². The molecule has 1 aromatic heterocycles. The number of nitrogens with zero attached hydrogens (tertiary/aromatic N) is 1. The lowest BCUT2D eigenvalue weighted by Gasteiger charge is -2.49. The van der Waals surface area contributed by atoms with E-state index >= 15 is 4.39 Å². The van der Waals surface area contributed by atoms with Crippen LogP contribution in [0.3, 0.4) is 0 Å². The van der Waals surface area contributed by atoms with Crippen molar-refractivity contribution in [1.29, 1.82) is 0 Å². The van der Waals surface area contributed by atoms with Crippen LogP contribution in [0.1, 0.15) is 128 Å². The van der Waals surface area contributed by atoms with Crippen molar-refractivity contribution in [2.75, 3.05) is 0 Å². The standard InChI is InChI=1S/C35H47FN/c1-9-13-15-17-24-23(16-14-10-2)22-27-29-25(24)20-21-37-32(29)30-26(34(7,11-3)35(37,8)12-4)18-19-28(36)31(30)33(27,5)6/h18-22H,9-17H2,1-8H3/q+1. The molecular formula is C35H47FN+. The van der Waals surface area contributed by atoms with Crippen LogP contribution in [-0.2, 0) is 29.2 Å². The number of unbranched alkanes of at least 4 members (excludes halogenated alkanes) is 3. The van der Waals surface area contributed by atoms with E-state index in [1.807, 2.05) is 0 Å². The van der Waals surface area contributed by atoms with Crippen molar-refractivity contribution >= 4 is 10.8 Å². The van der Waals surface area contributed by atoms with E-state index in [1.165, 1.54) is 70.8 Å². The molecule has 2 aromatic carbocycles. The minimum Gasteiger partial charge on any atom is -0.207 e. The van der Waals surface area contributed by atoms with Crippen LogP contribution in [0.5, 0.6) is 0 Å². The zero-order chi connectivity index (χ0) is 26.8. The number of hydrogen-bond donors (Lipinski definition) is 0. The molecule has 3 aromatic rings. The Morgan fingerprint density at radius 2 is 1.54 bits per heavy atom. The van der Waals surface area contributed by atoms with Gasteiger partial charge in [0, 0.05) is 30.4 Å². The van der Waals surface area contributed by atoms with Crippen LogP contribution < -0.4 is 4.57 Å². The Bertz CT molecular complexity index is 1370. The number of aromatic nitrogens is 1. The molecule has 2 unspecified atom stereocenters. The molecule has 2 heteroatoms. The highest BCUT2D eigenvalue weighted by Gasteiger charge is 2.59. The summed E-state index contributed by atoms with van der Waals surface area (Å²) >= 11 is 0. The van der Waals surface area contributed by atoms with Crippen LogP contribution >= 0.6 is 0 Å². The summed E-state index contributed by atoms with van der Waals surface area (Å²) in [6.45, 7) is 18.6. The molecule has 2 aliphatic rings. The molecule has 37 heavy (non-hydrogen) atoms. The molecule has 2 atom stereocenters. The van der Waals surface area contributed by atoms with E-state index in [0.29, 0.717) is 0 Å². The van der Waals surface area contributed by atoms with E-state index in [9.17, 15) is 0 Å². The van der Waals surface area contributed by atoms with E-state index in [1.54, 1.807) is 11.6 Å². The van der Waals surface area contributed by atoms with Crippen LogP contribution in [-0.4, -0.2) is 0 Å².